The third kappa shape index (κ3) is 2.74. The summed E-state index contributed by atoms with van der Waals surface area (Å²) >= 11 is 7.11. The van der Waals surface area contributed by atoms with E-state index in [1.807, 2.05) is 0 Å². The van der Waals surface area contributed by atoms with Crippen LogP contribution in [0, 0.1) is 0 Å². The molecular formula is C12H14BrNS2. The molecule has 1 atom stereocenters. The quantitative estimate of drug-likeness (QED) is 0.846. The Morgan fingerprint density at radius 3 is 2.75 bits per heavy atom. The zero-order valence-corrected chi connectivity index (χ0v) is 12.3. The van der Waals surface area contributed by atoms with E-state index in [4.69, 9.17) is 0 Å². The van der Waals surface area contributed by atoms with Crippen LogP contribution in [0.4, 0.5) is 0 Å². The lowest BCUT2D eigenvalue weighted by Crippen LogP contribution is -2.22. The molecule has 0 saturated carbocycles. The van der Waals surface area contributed by atoms with Crippen LogP contribution in [0.15, 0.2) is 32.1 Å². The summed E-state index contributed by atoms with van der Waals surface area (Å²) in [4.78, 5) is 0. The predicted octanol–water partition coefficient (Wildman–Crippen LogP) is 4.66. The molecule has 0 bridgehead atoms. The highest BCUT2D eigenvalue weighted by Gasteiger charge is 2.16. The molecule has 0 amide bonds. The summed E-state index contributed by atoms with van der Waals surface area (Å²) in [5, 5.41) is 12.3. The summed E-state index contributed by atoms with van der Waals surface area (Å²) in [5.41, 5.74) is 2.70. The van der Waals surface area contributed by atoms with E-state index in [9.17, 15) is 0 Å². The van der Waals surface area contributed by atoms with E-state index in [1.54, 1.807) is 22.7 Å². The third-order valence-corrected chi connectivity index (χ3v) is 4.88. The Hall–Kier alpha value is -0.160. The van der Waals surface area contributed by atoms with Crippen molar-refractivity contribution in [2.24, 2.45) is 0 Å². The molecule has 4 heteroatoms. The predicted molar refractivity (Wildman–Crippen MR) is 76.5 cm³/mol. The Morgan fingerprint density at radius 1 is 1.31 bits per heavy atom. The molecule has 0 aliphatic heterocycles. The van der Waals surface area contributed by atoms with Crippen molar-refractivity contribution < 1.29 is 0 Å². The molecule has 0 fully saturated rings. The first kappa shape index (κ1) is 12.3. The van der Waals surface area contributed by atoms with Gasteiger partial charge in [-0.1, -0.05) is 6.92 Å². The van der Waals surface area contributed by atoms with Gasteiger partial charge in [0, 0.05) is 9.85 Å². The van der Waals surface area contributed by atoms with Gasteiger partial charge < -0.3 is 5.32 Å². The monoisotopic (exact) mass is 315 g/mol. The van der Waals surface area contributed by atoms with Crippen molar-refractivity contribution in [2.45, 2.75) is 19.4 Å². The minimum Gasteiger partial charge on any atom is -0.306 e. The van der Waals surface area contributed by atoms with Crippen molar-refractivity contribution in [1.82, 2.24) is 5.32 Å². The molecule has 1 nitrogen and oxygen atoms in total. The van der Waals surface area contributed by atoms with Crippen LogP contribution in [0.25, 0.3) is 0 Å². The molecule has 16 heavy (non-hydrogen) atoms. The fraction of sp³-hybridized carbons (Fsp3) is 0.333. The van der Waals surface area contributed by atoms with Crippen LogP contribution in [-0.2, 0) is 0 Å². The van der Waals surface area contributed by atoms with Gasteiger partial charge in [-0.05, 0) is 62.2 Å². The van der Waals surface area contributed by atoms with E-state index < -0.39 is 0 Å². The molecule has 2 rings (SSSR count). The van der Waals surface area contributed by atoms with Crippen LogP contribution < -0.4 is 5.32 Å². The standard InChI is InChI=1S/C12H14BrNS2/c1-2-4-14-12(9-3-5-15-6-9)10-7-16-8-11(10)13/h3,5-8,12,14H,2,4H2,1H3. The van der Waals surface area contributed by atoms with Crippen LogP contribution >= 0.6 is 38.6 Å². The Kier molecular flexibility index (Phi) is 4.58. The Balaban J connectivity index is 2.25. The zero-order chi connectivity index (χ0) is 11.4. The Labute approximate surface area is 113 Å². The van der Waals surface area contributed by atoms with Gasteiger partial charge in [-0.15, -0.1) is 0 Å². The second kappa shape index (κ2) is 5.96. The van der Waals surface area contributed by atoms with Gasteiger partial charge in [-0.3, -0.25) is 0 Å². The van der Waals surface area contributed by atoms with Gasteiger partial charge in [-0.25, -0.2) is 0 Å². The highest BCUT2D eigenvalue weighted by Crippen LogP contribution is 2.32. The highest BCUT2D eigenvalue weighted by molar-refractivity contribution is 9.10. The zero-order valence-electron chi connectivity index (χ0n) is 9.07. The van der Waals surface area contributed by atoms with Crippen LogP contribution in [0.3, 0.4) is 0 Å². The average molecular weight is 316 g/mol. The van der Waals surface area contributed by atoms with Crippen molar-refractivity contribution in [2.75, 3.05) is 6.54 Å². The van der Waals surface area contributed by atoms with Crippen molar-refractivity contribution in [3.8, 4) is 0 Å². The van der Waals surface area contributed by atoms with E-state index >= 15 is 0 Å². The Morgan fingerprint density at radius 2 is 2.19 bits per heavy atom. The SMILES string of the molecule is CCCNC(c1ccsc1)c1cscc1Br. The van der Waals surface area contributed by atoms with Gasteiger partial charge in [0.25, 0.3) is 0 Å². The molecule has 0 aliphatic rings. The summed E-state index contributed by atoms with van der Waals surface area (Å²) in [7, 11) is 0. The summed E-state index contributed by atoms with van der Waals surface area (Å²) in [6.45, 7) is 3.24. The first-order valence-electron chi connectivity index (χ1n) is 5.30. The van der Waals surface area contributed by atoms with Crippen LogP contribution in [0.5, 0.6) is 0 Å². The van der Waals surface area contributed by atoms with E-state index in [0.29, 0.717) is 6.04 Å². The summed E-state index contributed by atoms with van der Waals surface area (Å²) in [6, 6.07) is 2.52. The Bertz CT molecular complexity index is 422. The number of hydrogen-bond donors (Lipinski definition) is 1. The van der Waals surface area contributed by atoms with Crippen molar-refractivity contribution >= 4 is 38.6 Å². The molecule has 0 aromatic carbocycles. The van der Waals surface area contributed by atoms with E-state index in [2.05, 4.69) is 55.8 Å². The van der Waals surface area contributed by atoms with Gasteiger partial charge in [0.15, 0.2) is 0 Å². The maximum atomic E-state index is 3.62. The topological polar surface area (TPSA) is 12.0 Å². The van der Waals surface area contributed by atoms with Crippen LogP contribution in [0.2, 0.25) is 0 Å². The lowest BCUT2D eigenvalue weighted by atomic mass is 10.0. The van der Waals surface area contributed by atoms with Crippen molar-refractivity contribution in [1.29, 1.82) is 0 Å². The first-order valence-corrected chi connectivity index (χ1v) is 7.98. The van der Waals surface area contributed by atoms with E-state index in [1.165, 1.54) is 15.6 Å². The number of rotatable bonds is 5. The van der Waals surface area contributed by atoms with Crippen molar-refractivity contribution in [3.05, 3.63) is 43.2 Å². The second-order valence-electron chi connectivity index (χ2n) is 3.62. The fourth-order valence-electron chi connectivity index (χ4n) is 1.63. The van der Waals surface area contributed by atoms with Gasteiger partial charge in [0.2, 0.25) is 0 Å². The van der Waals surface area contributed by atoms with Crippen molar-refractivity contribution in [3.63, 3.8) is 0 Å². The molecular weight excluding hydrogens is 302 g/mol. The summed E-state index contributed by atoms with van der Waals surface area (Å²) in [5.74, 6) is 0. The summed E-state index contributed by atoms with van der Waals surface area (Å²) < 4.78 is 1.21. The molecule has 2 heterocycles. The van der Waals surface area contributed by atoms with Gasteiger partial charge >= 0.3 is 0 Å². The van der Waals surface area contributed by atoms with Crippen LogP contribution in [0.1, 0.15) is 30.5 Å². The molecule has 0 aliphatic carbocycles. The average Bonchev–Trinajstić information content (AvgIpc) is 2.91. The number of hydrogen-bond acceptors (Lipinski definition) is 3. The maximum Gasteiger partial charge on any atom is 0.0604 e. The third-order valence-electron chi connectivity index (χ3n) is 2.43. The second-order valence-corrected chi connectivity index (χ2v) is 6.00. The normalized spacial score (nSPS) is 12.9. The van der Waals surface area contributed by atoms with Gasteiger partial charge in [-0.2, -0.15) is 22.7 Å². The molecule has 2 aromatic heterocycles. The molecule has 1 unspecified atom stereocenters. The molecule has 1 N–H and O–H groups in total. The minimum atomic E-state index is 0.326. The van der Waals surface area contributed by atoms with E-state index in [-0.39, 0.29) is 0 Å². The minimum absolute atomic E-state index is 0.326. The molecule has 2 aromatic rings. The molecule has 0 radical (unpaired) electrons. The number of thiophene rings is 2. The molecule has 0 spiro atoms. The number of halogens is 1. The lowest BCUT2D eigenvalue weighted by Gasteiger charge is -2.17. The van der Waals surface area contributed by atoms with E-state index in [0.717, 1.165) is 13.0 Å². The number of nitrogens with one attached hydrogen (secondary N) is 1. The lowest BCUT2D eigenvalue weighted by molar-refractivity contribution is 0.600. The smallest absolute Gasteiger partial charge is 0.0604 e. The largest absolute Gasteiger partial charge is 0.306 e. The first-order chi connectivity index (χ1) is 7.83. The summed E-state index contributed by atoms with van der Waals surface area (Å²) in [6.07, 6.45) is 1.16. The fourth-order valence-corrected chi connectivity index (χ4v) is 3.87. The van der Waals surface area contributed by atoms with Crippen LogP contribution in [-0.4, -0.2) is 6.54 Å². The highest BCUT2D eigenvalue weighted by atomic mass is 79.9. The van der Waals surface area contributed by atoms with Gasteiger partial charge in [0.1, 0.15) is 0 Å². The maximum absolute atomic E-state index is 3.62. The molecule has 0 saturated heterocycles. The van der Waals surface area contributed by atoms with Gasteiger partial charge in [0.05, 0.1) is 6.04 Å². The molecule has 86 valence electrons.